The molecule has 0 saturated carbocycles. The lowest BCUT2D eigenvalue weighted by Crippen LogP contribution is -2.21. The average molecular weight is 384 g/mol. The number of aromatic nitrogens is 4. The van der Waals surface area contributed by atoms with Gasteiger partial charge in [-0.25, -0.2) is 9.50 Å². The minimum absolute atomic E-state index is 0.105. The Balaban J connectivity index is 1.52. The summed E-state index contributed by atoms with van der Waals surface area (Å²) in [4.78, 5) is 22.1. The van der Waals surface area contributed by atoms with Crippen LogP contribution in [0.5, 0.6) is 5.75 Å². The predicted octanol–water partition coefficient (Wildman–Crippen LogP) is 4.02. The zero-order chi connectivity index (χ0) is 20.0. The molecule has 1 atom stereocenters. The average Bonchev–Trinajstić information content (AvgIpc) is 3.15. The minimum atomic E-state index is 0.105. The molecule has 1 aliphatic rings. The highest BCUT2D eigenvalue weighted by Gasteiger charge is 2.28. The second-order valence-electron chi connectivity index (χ2n) is 7.45. The Morgan fingerprint density at radius 2 is 1.90 bits per heavy atom. The van der Waals surface area contributed by atoms with E-state index in [0.29, 0.717) is 23.6 Å². The number of carbonyl (C=O) groups excluding carboxylic acids is 1. The molecule has 0 radical (unpaired) electrons. The van der Waals surface area contributed by atoms with Crippen molar-refractivity contribution >= 4 is 11.6 Å². The van der Waals surface area contributed by atoms with Crippen LogP contribution >= 0.6 is 0 Å². The number of hydrogen-bond donors (Lipinski definition) is 0. The molecule has 2 aromatic heterocycles. The van der Waals surface area contributed by atoms with E-state index < -0.39 is 0 Å². The summed E-state index contributed by atoms with van der Waals surface area (Å²) in [5.74, 6) is 2.11. The summed E-state index contributed by atoms with van der Waals surface area (Å²) < 4.78 is 6.80. The Bertz CT molecular complexity index is 1230. The third-order valence-electron chi connectivity index (χ3n) is 5.44. The van der Waals surface area contributed by atoms with Gasteiger partial charge < -0.3 is 4.74 Å². The molecular weight excluding hydrogens is 364 g/mol. The summed E-state index contributed by atoms with van der Waals surface area (Å²) in [5.41, 5.74) is 4.71. The first-order chi connectivity index (χ1) is 14.1. The molecule has 0 spiro atoms. The summed E-state index contributed by atoms with van der Waals surface area (Å²) >= 11 is 0. The minimum Gasteiger partial charge on any atom is -0.497 e. The van der Waals surface area contributed by atoms with Crippen molar-refractivity contribution in [2.45, 2.75) is 25.7 Å². The number of aryl methyl sites for hydroxylation is 1. The second kappa shape index (κ2) is 6.81. The molecule has 6 heteroatoms. The maximum absolute atomic E-state index is 12.8. The molecule has 6 nitrogen and oxygen atoms in total. The van der Waals surface area contributed by atoms with E-state index in [2.05, 4.69) is 40.2 Å². The molecule has 2 aromatic carbocycles. The van der Waals surface area contributed by atoms with Crippen molar-refractivity contribution in [3.05, 3.63) is 77.1 Å². The number of hydrogen-bond acceptors (Lipinski definition) is 5. The highest BCUT2D eigenvalue weighted by Crippen LogP contribution is 2.32. The van der Waals surface area contributed by atoms with E-state index >= 15 is 0 Å². The molecule has 144 valence electrons. The highest BCUT2D eigenvalue weighted by molar-refractivity contribution is 5.98. The van der Waals surface area contributed by atoms with Gasteiger partial charge in [0.25, 0.3) is 5.78 Å². The quantitative estimate of drug-likeness (QED) is 0.534. The Morgan fingerprint density at radius 1 is 1.07 bits per heavy atom. The van der Waals surface area contributed by atoms with Crippen LogP contribution in [0.3, 0.4) is 0 Å². The van der Waals surface area contributed by atoms with Gasteiger partial charge in [-0.3, -0.25) is 4.79 Å². The zero-order valence-electron chi connectivity index (χ0n) is 16.3. The molecule has 0 fully saturated rings. The van der Waals surface area contributed by atoms with Crippen LogP contribution in [-0.2, 0) is 6.42 Å². The maximum Gasteiger partial charge on any atom is 0.252 e. The van der Waals surface area contributed by atoms with Crippen molar-refractivity contribution < 1.29 is 9.53 Å². The number of ketones is 1. The SMILES string of the molecule is COc1ccc(-c2nc3nc4c(cn3n2)C(=O)C[C@@H](c2cccc(C)c2)C4)cc1. The van der Waals surface area contributed by atoms with Gasteiger partial charge in [-0.05, 0) is 49.1 Å². The molecule has 0 bridgehead atoms. The van der Waals surface area contributed by atoms with Crippen molar-refractivity contribution in [3.8, 4) is 17.1 Å². The summed E-state index contributed by atoms with van der Waals surface area (Å²) in [6.07, 6.45) is 2.99. The van der Waals surface area contributed by atoms with Crippen molar-refractivity contribution in [2.75, 3.05) is 7.11 Å². The van der Waals surface area contributed by atoms with E-state index in [9.17, 15) is 4.79 Å². The number of methoxy groups -OCH3 is 1. The van der Waals surface area contributed by atoms with E-state index in [-0.39, 0.29) is 11.7 Å². The monoisotopic (exact) mass is 384 g/mol. The molecule has 2 heterocycles. The van der Waals surface area contributed by atoms with Crippen molar-refractivity contribution in [1.29, 1.82) is 0 Å². The number of Topliss-reactive ketones (excluding diaryl/α,β-unsaturated/α-hetero) is 1. The number of carbonyl (C=O) groups is 1. The largest absolute Gasteiger partial charge is 0.497 e. The number of fused-ring (bicyclic) bond motifs is 2. The first-order valence-corrected chi connectivity index (χ1v) is 9.61. The predicted molar refractivity (Wildman–Crippen MR) is 109 cm³/mol. The van der Waals surface area contributed by atoms with E-state index in [1.807, 2.05) is 30.3 Å². The lowest BCUT2D eigenvalue weighted by atomic mass is 9.82. The molecule has 4 aromatic rings. The van der Waals surface area contributed by atoms with Crippen LogP contribution in [0.1, 0.15) is 39.5 Å². The Kier molecular flexibility index (Phi) is 4.12. The van der Waals surface area contributed by atoms with Crippen LogP contribution in [0.25, 0.3) is 17.2 Å². The number of nitrogens with zero attached hydrogens (tertiary/aromatic N) is 4. The van der Waals surface area contributed by atoms with E-state index in [0.717, 1.165) is 23.4 Å². The summed E-state index contributed by atoms with van der Waals surface area (Å²) in [6, 6.07) is 15.9. The van der Waals surface area contributed by atoms with Gasteiger partial charge in [0.15, 0.2) is 11.6 Å². The van der Waals surface area contributed by atoms with Crippen LogP contribution in [0.2, 0.25) is 0 Å². The van der Waals surface area contributed by atoms with E-state index in [4.69, 9.17) is 4.74 Å². The van der Waals surface area contributed by atoms with Gasteiger partial charge in [0.05, 0.1) is 18.4 Å². The fourth-order valence-electron chi connectivity index (χ4n) is 3.91. The number of benzene rings is 2. The van der Waals surface area contributed by atoms with Gasteiger partial charge in [0, 0.05) is 18.2 Å². The van der Waals surface area contributed by atoms with Gasteiger partial charge in [-0.1, -0.05) is 29.8 Å². The number of ether oxygens (including phenoxy) is 1. The molecular formula is C23H20N4O2. The second-order valence-corrected chi connectivity index (χ2v) is 7.45. The lowest BCUT2D eigenvalue weighted by molar-refractivity contribution is 0.0962. The molecule has 1 aliphatic carbocycles. The van der Waals surface area contributed by atoms with Crippen LogP contribution in [0, 0.1) is 6.92 Å². The fraction of sp³-hybridized carbons (Fsp3) is 0.217. The Hall–Kier alpha value is -3.54. The molecule has 5 rings (SSSR count). The topological polar surface area (TPSA) is 69.4 Å². The van der Waals surface area contributed by atoms with Gasteiger partial charge in [-0.15, -0.1) is 5.10 Å². The normalized spacial score (nSPS) is 16.1. The molecule has 0 N–H and O–H groups in total. The van der Waals surface area contributed by atoms with E-state index in [1.165, 1.54) is 11.1 Å². The highest BCUT2D eigenvalue weighted by atomic mass is 16.5. The van der Waals surface area contributed by atoms with Crippen LogP contribution < -0.4 is 4.74 Å². The van der Waals surface area contributed by atoms with E-state index in [1.54, 1.807) is 17.8 Å². The summed E-state index contributed by atoms with van der Waals surface area (Å²) in [7, 11) is 1.63. The third kappa shape index (κ3) is 3.16. The lowest BCUT2D eigenvalue weighted by Gasteiger charge is -2.23. The third-order valence-corrected chi connectivity index (χ3v) is 5.44. The number of rotatable bonds is 3. The summed E-state index contributed by atoms with van der Waals surface area (Å²) in [6.45, 7) is 2.07. The van der Waals surface area contributed by atoms with Crippen molar-refractivity contribution in [3.63, 3.8) is 0 Å². The molecule has 29 heavy (non-hydrogen) atoms. The first-order valence-electron chi connectivity index (χ1n) is 9.61. The molecule has 0 unspecified atom stereocenters. The Labute approximate surface area is 168 Å². The van der Waals surface area contributed by atoms with Crippen LogP contribution in [0.15, 0.2) is 54.7 Å². The van der Waals surface area contributed by atoms with Crippen LogP contribution in [-0.4, -0.2) is 32.5 Å². The van der Waals surface area contributed by atoms with Gasteiger partial charge in [0.1, 0.15) is 5.75 Å². The first kappa shape index (κ1) is 17.6. The standard InChI is InChI=1S/C23H20N4O2/c1-14-4-3-5-16(10-14)17-11-20-19(21(28)12-17)13-27-23(24-20)25-22(26-27)15-6-8-18(29-2)9-7-15/h3-10,13,17H,11-12H2,1-2H3/t17-/m0/s1. The summed E-state index contributed by atoms with van der Waals surface area (Å²) in [5, 5.41) is 4.52. The molecule has 0 amide bonds. The smallest absolute Gasteiger partial charge is 0.252 e. The van der Waals surface area contributed by atoms with Gasteiger partial charge in [0.2, 0.25) is 0 Å². The fourth-order valence-corrected chi connectivity index (χ4v) is 3.91. The van der Waals surface area contributed by atoms with Gasteiger partial charge in [-0.2, -0.15) is 4.98 Å². The Morgan fingerprint density at radius 3 is 2.66 bits per heavy atom. The van der Waals surface area contributed by atoms with Crippen molar-refractivity contribution in [2.24, 2.45) is 0 Å². The zero-order valence-corrected chi connectivity index (χ0v) is 16.3. The molecule has 0 saturated heterocycles. The maximum atomic E-state index is 12.8. The van der Waals surface area contributed by atoms with Gasteiger partial charge >= 0.3 is 0 Å². The van der Waals surface area contributed by atoms with Crippen molar-refractivity contribution in [1.82, 2.24) is 19.6 Å². The van der Waals surface area contributed by atoms with Crippen LogP contribution in [0.4, 0.5) is 0 Å². The molecule has 0 aliphatic heterocycles.